The van der Waals surface area contributed by atoms with Crippen LogP contribution in [0, 0.1) is 12.7 Å². The summed E-state index contributed by atoms with van der Waals surface area (Å²) in [5, 5.41) is 4.40. The summed E-state index contributed by atoms with van der Waals surface area (Å²) >= 11 is 3.30. The molecular weight excluding hydrogens is 425 g/mol. The zero-order valence-electron chi connectivity index (χ0n) is 15.1. The first-order chi connectivity index (χ1) is 13.5. The maximum atomic E-state index is 14.9. The van der Waals surface area contributed by atoms with Crippen molar-refractivity contribution in [1.29, 1.82) is 0 Å². The number of carbonyl (C=O) groups excluding carboxylic acids is 1. The van der Waals surface area contributed by atoms with Crippen molar-refractivity contribution in [1.82, 2.24) is 19.2 Å². The van der Waals surface area contributed by atoms with Crippen LogP contribution in [0.1, 0.15) is 33.4 Å². The van der Waals surface area contributed by atoms with Crippen molar-refractivity contribution in [3.8, 4) is 0 Å². The zero-order chi connectivity index (χ0) is 19.6. The summed E-state index contributed by atoms with van der Waals surface area (Å²) in [7, 11) is 1.79. The first-order valence-electron chi connectivity index (χ1n) is 8.70. The summed E-state index contributed by atoms with van der Waals surface area (Å²) in [5.74, 6) is -0.628. The summed E-state index contributed by atoms with van der Waals surface area (Å²) in [4.78, 5) is 19.2. The fraction of sp³-hybridized carbons (Fsp3) is 0.150. The fourth-order valence-electron chi connectivity index (χ4n) is 3.80. The lowest BCUT2D eigenvalue weighted by Crippen LogP contribution is -2.30. The van der Waals surface area contributed by atoms with Gasteiger partial charge in [0.15, 0.2) is 5.69 Å². The van der Waals surface area contributed by atoms with Crippen LogP contribution in [0.3, 0.4) is 0 Å². The summed E-state index contributed by atoms with van der Waals surface area (Å²) in [6.45, 7) is 1.89. The number of rotatable bonds is 2. The number of aryl methyl sites for hydroxylation is 1. The van der Waals surface area contributed by atoms with Gasteiger partial charge in [0.1, 0.15) is 11.5 Å². The Balaban J connectivity index is 1.75. The largest absolute Gasteiger partial charge is 0.307 e. The van der Waals surface area contributed by atoms with Gasteiger partial charge in [-0.3, -0.25) is 14.4 Å². The Labute approximate surface area is 168 Å². The number of fused-ring (bicyclic) bond motifs is 2. The highest BCUT2D eigenvalue weighted by atomic mass is 79.9. The molecule has 1 atom stereocenters. The molecule has 140 valence electrons. The fourth-order valence-corrected chi connectivity index (χ4v) is 4.14. The number of benzene rings is 1. The minimum Gasteiger partial charge on any atom is -0.307 e. The van der Waals surface area contributed by atoms with Crippen molar-refractivity contribution in [2.24, 2.45) is 7.05 Å². The van der Waals surface area contributed by atoms with Gasteiger partial charge < -0.3 is 4.40 Å². The molecule has 0 bridgehead atoms. The van der Waals surface area contributed by atoms with Crippen molar-refractivity contribution < 1.29 is 9.18 Å². The van der Waals surface area contributed by atoms with Crippen LogP contribution in [-0.2, 0) is 7.05 Å². The molecule has 1 aliphatic rings. The SMILES string of the molecule is Cc1c2c(nn1C)C(=O)N(c1ccn3ccnc3c1)C2c1ccc(Br)cc1F. The van der Waals surface area contributed by atoms with Gasteiger partial charge >= 0.3 is 0 Å². The van der Waals surface area contributed by atoms with E-state index >= 15 is 0 Å². The number of imidazole rings is 1. The van der Waals surface area contributed by atoms with E-state index in [1.54, 1.807) is 35.0 Å². The van der Waals surface area contributed by atoms with Crippen LogP contribution in [0.2, 0.25) is 0 Å². The molecule has 6 nitrogen and oxygen atoms in total. The van der Waals surface area contributed by atoms with Gasteiger partial charge in [0.25, 0.3) is 5.91 Å². The van der Waals surface area contributed by atoms with Crippen molar-refractivity contribution in [3.05, 3.63) is 81.7 Å². The second-order valence-corrected chi connectivity index (χ2v) is 7.71. The Kier molecular flexibility index (Phi) is 3.67. The Morgan fingerprint density at radius 3 is 2.79 bits per heavy atom. The summed E-state index contributed by atoms with van der Waals surface area (Å²) < 4.78 is 19.1. The molecule has 1 aliphatic heterocycles. The quantitative estimate of drug-likeness (QED) is 0.473. The second kappa shape index (κ2) is 6.00. The van der Waals surface area contributed by atoms with Gasteiger partial charge in [0.05, 0.1) is 11.7 Å². The predicted octanol–water partition coefficient (Wildman–Crippen LogP) is 4.03. The molecule has 1 amide bonds. The number of amides is 1. The van der Waals surface area contributed by atoms with Crippen LogP contribution >= 0.6 is 15.9 Å². The Morgan fingerprint density at radius 1 is 1.18 bits per heavy atom. The van der Waals surface area contributed by atoms with E-state index in [9.17, 15) is 9.18 Å². The second-order valence-electron chi connectivity index (χ2n) is 6.79. The molecule has 0 aliphatic carbocycles. The smallest absolute Gasteiger partial charge is 0.280 e. The first kappa shape index (κ1) is 17.1. The Hall–Kier alpha value is -3.00. The van der Waals surface area contributed by atoms with Crippen LogP contribution in [0.25, 0.3) is 5.65 Å². The lowest BCUT2D eigenvalue weighted by molar-refractivity contribution is 0.0988. The maximum Gasteiger partial charge on any atom is 0.280 e. The molecule has 28 heavy (non-hydrogen) atoms. The molecule has 1 aromatic carbocycles. The molecule has 0 fully saturated rings. The standard InChI is InChI=1S/C20H15BrFN5O/c1-11-17-18(24-25(11)2)20(28)27(13-5-7-26-8-6-23-16(26)10-13)19(17)14-4-3-12(21)9-15(14)22/h3-10,19H,1-2H3. The van der Waals surface area contributed by atoms with Crippen molar-refractivity contribution >= 4 is 33.2 Å². The van der Waals surface area contributed by atoms with E-state index in [2.05, 4.69) is 26.0 Å². The van der Waals surface area contributed by atoms with Gasteiger partial charge in [-0.25, -0.2) is 9.37 Å². The van der Waals surface area contributed by atoms with Crippen LogP contribution in [0.5, 0.6) is 0 Å². The lowest BCUT2D eigenvalue weighted by atomic mass is 9.98. The van der Waals surface area contributed by atoms with Gasteiger partial charge in [-0.2, -0.15) is 5.10 Å². The zero-order valence-corrected chi connectivity index (χ0v) is 16.7. The van der Waals surface area contributed by atoms with E-state index in [-0.39, 0.29) is 11.7 Å². The molecule has 3 aromatic heterocycles. The number of anilines is 1. The van der Waals surface area contributed by atoms with Gasteiger partial charge in [-0.15, -0.1) is 0 Å². The average Bonchev–Trinajstić information content (AvgIpc) is 3.31. The predicted molar refractivity (Wildman–Crippen MR) is 106 cm³/mol. The molecule has 8 heteroatoms. The van der Waals surface area contributed by atoms with Crippen LogP contribution < -0.4 is 4.90 Å². The third kappa shape index (κ3) is 2.34. The Bertz CT molecular complexity index is 1260. The van der Waals surface area contributed by atoms with Crippen molar-refractivity contribution in [2.45, 2.75) is 13.0 Å². The monoisotopic (exact) mass is 439 g/mol. The number of halogens is 2. The Morgan fingerprint density at radius 2 is 2.00 bits per heavy atom. The molecular formula is C20H15BrFN5O. The molecule has 0 saturated heterocycles. The average molecular weight is 440 g/mol. The third-order valence-corrected chi connectivity index (χ3v) is 5.74. The van der Waals surface area contributed by atoms with E-state index in [0.717, 1.165) is 11.3 Å². The number of aromatic nitrogens is 4. The first-order valence-corrected chi connectivity index (χ1v) is 9.49. The van der Waals surface area contributed by atoms with Gasteiger partial charge in [0, 0.05) is 53.0 Å². The van der Waals surface area contributed by atoms with E-state index in [1.807, 2.05) is 35.9 Å². The van der Waals surface area contributed by atoms with E-state index in [4.69, 9.17) is 0 Å². The number of pyridine rings is 1. The summed E-state index contributed by atoms with van der Waals surface area (Å²) in [6, 6.07) is 7.96. The van der Waals surface area contributed by atoms with E-state index in [1.165, 1.54) is 6.07 Å². The molecule has 0 radical (unpaired) electrons. The molecule has 0 saturated carbocycles. The number of hydrogen-bond acceptors (Lipinski definition) is 3. The van der Waals surface area contributed by atoms with E-state index in [0.29, 0.717) is 27.1 Å². The molecule has 4 heterocycles. The van der Waals surface area contributed by atoms with Crippen LogP contribution in [0.4, 0.5) is 10.1 Å². The topological polar surface area (TPSA) is 55.4 Å². The normalized spacial score (nSPS) is 16.2. The number of hydrogen-bond donors (Lipinski definition) is 0. The van der Waals surface area contributed by atoms with E-state index < -0.39 is 6.04 Å². The molecule has 4 aromatic rings. The lowest BCUT2D eigenvalue weighted by Gasteiger charge is -2.27. The van der Waals surface area contributed by atoms with Gasteiger partial charge in [-0.1, -0.05) is 22.0 Å². The van der Waals surface area contributed by atoms with Crippen LogP contribution in [-0.4, -0.2) is 25.1 Å². The highest BCUT2D eigenvalue weighted by Gasteiger charge is 2.44. The van der Waals surface area contributed by atoms with Gasteiger partial charge in [0.2, 0.25) is 0 Å². The number of nitrogens with zero attached hydrogens (tertiary/aromatic N) is 5. The minimum absolute atomic E-state index is 0.248. The minimum atomic E-state index is -0.596. The maximum absolute atomic E-state index is 14.9. The van der Waals surface area contributed by atoms with Crippen LogP contribution in [0.15, 0.2) is 53.4 Å². The molecule has 1 unspecified atom stereocenters. The summed E-state index contributed by atoms with van der Waals surface area (Å²) in [5.41, 5.74) is 3.71. The third-order valence-electron chi connectivity index (χ3n) is 5.25. The number of carbonyl (C=O) groups is 1. The molecule has 5 rings (SSSR count). The molecule has 0 spiro atoms. The van der Waals surface area contributed by atoms with Crippen molar-refractivity contribution in [2.75, 3.05) is 4.90 Å². The van der Waals surface area contributed by atoms with Crippen molar-refractivity contribution in [3.63, 3.8) is 0 Å². The van der Waals surface area contributed by atoms with Gasteiger partial charge in [-0.05, 0) is 25.1 Å². The molecule has 0 N–H and O–H groups in total. The summed E-state index contributed by atoms with van der Waals surface area (Å²) in [6.07, 6.45) is 5.36. The highest BCUT2D eigenvalue weighted by Crippen LogP contribution is 2.43. The highest BCUT2D eigenvalue weighted by molar-refractivity contribution is 9.10.